The molecule has 0 aromatic heterocycles. The smallest absolute Gasteiger partial charge is 0.0175 e. The quantitative estimate of drug-likeness (QED) is 0.731. The van der Waals surface area contributed by atoms with E-state index in [9.17, 15) is 0 Å². The highest BCUT2D eigenvalue weighted by molar-refractivity contribution is 5.11. The van der Waals surface area contributed by atoms with Gasteiger partial charge in [0.25, 0.3) is 0 Å². The monoisotopic (exact) mass is 252 g/mol. The predicted molar refractivity (Wildman–Crippen MR) is 78.8 cm³/mol. The summed E-state index contributed by atoms with van der Waals surface area (Å²) in [6.07, 6.45) is 6.98. The first-order chi connectivity index (χ1) is 8.36. The molecule has 2 aliphatic rings. The van der Waals surface area contributed by atoms with Crippen LogP contribution in [0.4, 0.5) is 0 Å². The molecule has 0 amide bonds. The Bertz CT molecular complexity index is 280. The van der Waals surface area contributed by atoms with Gasteiger partial charge in [-0.15, -0.1) is 0 Å². The van der Waals surface area contributed by atoms with E-state index < -0.39 is 0 Å². The van der Waals surface area contributed by atoms with Crippen LogP contribution >= 0.6 is 0 Å². The summed E-state index contributed by atoms with van der Waals surface area (Å²) in [6.45, 7) is 9.90. The van der Waals surface area contributed by atoms with Gasteiger partial charge >= 0.3 is 0 Å². The molecular formula is C16H32N2. The van der Waals surface area contributed by atoms with Gasteiger partial charge in [-0.2, -0.15) is 0 Å². The molecule has 2 heteroatoms. The Morgan fingerprint density at radius 2 is 1.89 bits per heavy atom. The Kier molecular flexibility index (Phi) is 4.08. The minimum Gasteiger partial charge on any atom is -0.313 e. The van der Waals surface area contributed by atoms with Crippen molar-refractivity contribution in [2.45, 2.75) is 58.9 Å². The summed E-state index contributed by atoms with van der Waals surface area (Å²) in [4.78, 5) is 2.28. The van der Waals surface area contributed by atoms with Crippen LogP contribution in [0.5, 0.6) is 0 Å². The van der Waals surface area contributed by atoms with E-state index >= 15 is 0 Å². The Labute approximate surface area is 114 Å². The highest BCUT2D eigenvalue weighted by atomic mass is 15.0. The lowest BCUT2D eigenvalue weighted by atomic mass is 9.68. The van der Waals surface area contributed by atoms with Crippen molar-refractivity contribution >= 4 is 0 Å². The molecule has 0 radical (unpaired) electrons. The first kappa shape index (κ1) is 14.3. The lowest BCUT2D eigenvalue weighted by Gasteiger charge is -2.43. The molecular weight excluding hydrogens is 220 g/mol. The summed E-state index contributed by atoms with van der Waals surface area (Å²) < 4.78 is 0. The van der Waals surface area contributed by atoms with Gasteiger partial charge in [0.15, 0.2) is 0 Å². The van der Waals surface area contributed by atoms with Gasteiger partial charge in [0.1, 0.15) is 0 Å². The van der Waals surface area contributed by atoms with Crippen molar-refractivity contribution in [1.29, 1.82) is 0 Å². The third-order valence-electron chi connectivity index (χ3n) is 5.65. The van der Waals surface area contributed by atoms with Crippen molar-refractivity contribution in [3.8, 4) is 0 Å². The van der Waals surface area contributed by atoms with Crippen LogP contribution in [0.15, 0.2) is 0 Å². The molecule has 1 N–H and O–H groups in total. The van der Waals surface area contributed by atoms with Gasteiger partial charge in [0, 0.05) is 6.04 Å². The van der Waals surface area contributed by atoms with E-state index in [2.05, 4.69) is 45.1 Å². The number of nitrogens with zero attached hydrogens (tertiary/aromatic N) is 1. The van der Waals surface area contributed by atoms with E-state index in [0.717, 1.165) is 12.0 Å². The Morgan fingerprint density at radius 3 is 2.44 bits per heavy atom. The maximum Gasteiger partial charge on any atom is 0.0175 e. The summed E-state index contributed by atoms with van der Waals surface area (Å²) in [5.41, 5.74) is 1.09. The van der Waals surface area contributed by atoms with Crippen molar-refractivity contribution in [3.05, 3.63) is 0 Å². The lowest BCUT2D eigenvalue weighted by molar-refractivity contribution is 0.109. The van der Waals surface area contributed by atoms with Crippen LogP contribution in [0.3, 0.4) is 0 Å². The van der Waals surface area contributed by atoms with Crippen LogP contribution in [-0.4, -0.2) is 38.1 Å². The highest BCUT2D eigenvalue weighted by Gasteiger charge is 2.58. The third kappa shape index (κ3) is 2.60. The summed E-state index contributed by atoms with van der Waals surface area (Å²) in [5.74, 6) is 0.960. The first-order valence-corrected chi connectivity index (χ1v) is 7.74. The zero-order valence-corrected chi connectivity index (χ0v) is 13.1. The van der Waals surface area contributed by atoms with Crippen LogP contribution in [0.2, 0.25) is 0 Å². The molecule has 2 saturated carbocycles. The van der Waals surface area contributed by atoms with E-state index in [1.807, 2.05) is 0 Å². The van der Waals surface area contributed by atoms with E-state index in [-0.39, 0.29) is 0 Å². The average molecular weight is 252 g/mol. The molecule has 0 aromatic rings. The summed E-state index contributed by atoms with van der Waals surface area (Å²) in [7, 11) is 4.32. The van der Waals surface area contributed by atoms with Gasteiger partial charge in [-0.05, 0) is 76.0 Å². The summed E-state index contributed by atoms with van der Waals surface area (Å²) in [5, 5.41) is 3.90. The predicted octanol–water partition coefficient (Wildman–Crippen LogP) is 3.13. The number of hydrogen-bond donors (Lipinski definition) is 1. The highest BCUT2D eigenvalue weighted by Crippen LogP contribution is 2.62. The number of unbranched alkanes of at least 4 members (excludes halogenated alkanes) is 1. The largest absolute Gasteiger partial charge is 0.313 e. The molecule has 1 unspecified atom stereocenters. The molecule has 0 spiro atoms. The Morgan fingerprint density at radius 1 is 1.17 bits per heavy atom. The van der Waals surface area contributed by atoms with Crippen molar-refractivity contribution in [2.75, 3.05) is 27.2 Å². The Hall–Kier alpha value is -0.0800. The molecule has 2 nitrogen and oxygen atoms in total. The zero-order valence-electron chi connectivity index (χ0n) is 13.1. The normalized spacial score (nSPS) is 37.7. The van der Waals surface area contributed by atoms with Crippen LogP contribution < -0.4 is 5.32 Å². The molecule has 0 aromatic carbocycles. The molecule has 18 heavy (non-hydrogen) atoms. The number of hydrogen-bond acceptors (Lipinski definition) is 2. The third-order valence-corrected chi connectivity index (χ3v) is 5.65. The second kappa shape index (κ2) is 5.13. The fourth-order valence-corrected chi connectivity index (χ4v) is 4.61. The van der Waals surface area contributed by atoms with Gasteiger partial charge < -0.3 is 10.2 Å². The lowest BCUT2D eigenvalue weighted by Crippen LogP contribution is -2.50. The number of rotatable bonds is 6. The molecule has 2 rings (SSSR count). The fourth-order valence-electron chi connectivity index (χ4n) is 4.61. The minimum absolute atomic E-state index is 0.508. The van der Waals surface area contributed by atoms with E-state index in [4.69, 9.17) is 0 Å². The molecule has 2 bridgehead atoms. The van der Waals surface area contributed by atoms with Crippen LogP contribution in [0.25, 0.3) is 0 Å². The van der Waals surface area contributed by atoms with E-state index in [0.29, 0.717) is 10.8 Å². The summed E-state index contributed by atoms with van der Waals surface area (Å²) in [6, 6.07) is 0.739. The second-order valence-corrected chi connectivity index (χ2v) is 7.81. The van der Waals surface area contributed by atoms with Crippen molar-refractivity contribution in [3.63, 3.8) is 0 Å². The van der Waals surface area contributed by atoms with E-state index in [1.165, 1.54) is 45.2 Å². The second-order valence-electron chi connectivity index (χ2n) is 7.81. The summed E-state index contributed by atoms with van der Waals surface area (Å²) >= 11 is 0. The number of fused-ring (bicyclic) bond motifs is 2. The van der Waals surface area contributed by atoms with Gasteiger partial charge in [-0.25, -0.2) is 0 Å². The van der Waals surface area contributed by atoms with Crippen LogP contribution in [0.1, 0.15) is 52.9 Å². The molecule has 0 heterocycles. The standard InChI is InChI=1S/C16H32N2/c1-15(2)13-8-9-16(3,12-13)14(15)17-10-6-7-11-18(4)5/h13-14,17H,6-12H2,1-5H3/t13-,14?,16+/m0/s1. The number of nitrogens with one attached hydrogen (secondary N) is 1. The van der Waals surface area contributed by atoms with Gasteiger partial charge in [-0.1, -0.05) is 20.8 Å². The Balaban J connectivity index is 1.78. The van der Waals surface area contributed by atoms with Crippen LogP contribution in [0, 0.1) is 16.7 Å². The van der Waals surface area contributed by atoms with Gasteiger partial charge in [0.2, 0.25) is 0 Å². The fraction of sp³-hybridized carbons (Fsp3) is 1.00. The van der Waals surface area contributed by atoms with Crippen molar-refractivity contribution in [1.82, 2.24) is 10.2 Å². The minimum atomic E-state index is 0.508. The zero-order chi connectivity index (χ0) is 13.4. The maximum absolute atomic E-state index is 3.90. The SMILES string of the molecule is CN(C)CCCCNC1C(C)(C)[C@H]2CC[C@]1(C)C2. The average Bonchev–Trinajstić information content (AvgIpc) is 2.72. The van der Waals surface area contributed by atoms with Crippen LogP contribution in [-0.2, 0) is 0 Å². The van der Waals surface area contributed by atoms with Crippen molar-refractivity contribution in [2.24, 2.45) is 16.7 Å². The molecule has 0 saturated heterocycles. The van der Waals surface area contributed by atoms with Crippen molar-refractivity contribution < 1.29 is 0 Å². The molecule has 2 aliphatic carbocycles. The van der Waals surface area contributed by atoms with Gasteiger partial charge in [0.05, 0.1) is 0 Å². The maximum atomic E-state index is 3.90. The first-order valence-electron chi connectivity index (χ1n) is 7.74. The molecule has 3 atom stereocenters. The molecule has 106 valence electrons. The van der Waals surface area contributed by atoms with Gasteiger partial charge in [-0.3, -0.25) is 0 Å². The van der Waals surface area contributed by atoms with E-state index in [1.54, 1.807) is 0 Å². The topological polar surface area (TPSA) is 15.3 Å². The molecule has 0 aliphatic heterocycles. The molecule has 2 fully saturated rings.